The van der Waals surface area contributed by atoms with Crippen molar-refractivity contribution in [2.24, 2.45) is 7.05 Å². The highest BCUT2D eigenvalue weighted by Crippen LogP contribution is 2.24. The summed E-state index contributed by atoms with van der Waals surface area (Å²) in [5.74, 6) is 0.778. The van der Waals surface area contributed by atoms with Crippen molar-refractivity contribution in [1.82, 2.24) is 19.7 Å². The van der Waals surface area contributed by atoms with Crippen LogP contribution < -0.4 is 0 Å². The second kappa shape index (κ2) is 3.66. The summed E-state index contributed by atoms with van der Waals surface area (Å²) in [6, 6.07) is 10.00. The molecule has 3 rings (SSSR count). The second-order valence-corrected chi connectivity index (χ2v) is 3.98. The molecule has 0 unspecified atom stereocenters. The number of fused-ring (bicyclic) bond motifs is 1. The van der Waals surface area contributed by atoms with Crippen LogP contribution in [-0.4, -0.2) is 19.7 Å². The van der Waals surface area contributed by atoms with E-state index in [4.69, 9.17) is 0 Å². The quantitative estimate of drug-likeness (QED) is 0.637. The van der Waals surface area contributed by atoms with E-state index in [2.05, 4.69) is 15.1 Å². The topological polar surface area (TPSA) is 43.6 Å². The summed E-state index contributed by atoms with van der Waals surface area (Å²) in [6.07, 6.45) is 1.78. The van der Waals surface area contributed by atoms with Gasteiger partial charge in [0.25, 0.3) is 0 Å². The van der Waals surface area contributed by atoms with Crippen molar-refractivity contribution < 1.29 is 0 Å². The minimum absolute atomic E-state index is 0.778. The van der Waals surface area contributed by atoms with Gasteiger partial charge in [0.2, 0.25) is 0 Å². The number of rotatable bonds is 1. The Balaban J connectivity index is 2.39. The van der Waals surface area contributed by atoms with Gasteiger partial charge in [-0.05, 0) is 19.1 Å². The smallest absolute Gasteiger partial charge is 0.126 e. The first-order chi connectivity index (χ1) is 8.25. The lowest BCUT2D eigenvalue weighted by atomic mass is 10.1. The molecule has 4 nitrogen and oxygen atoms in total. The molecule has 84 valence electrons. The summed E-state index contributed by atoms with van der Waals surface area (Å²) in [6.45, 7) is 1.91. The zero-order valence-electron chi connectivity index (χ0n) is 9.75. The molecule has 0 aliphatic rings. The maximum atomic E-state index is 4.53. The highest BCUT2D eigenvalue weighted by Gasteiger charge is 2.10. The van der Waals surface area contributed by atoms with E-state index in [9.17, 15) is 0 Å². The predicted molar refractivity (Wildman–Crippen MR) is 66.5 cm³/mol. The Labute approximate surface area is 98.9 Å². The molecule has 0 aliphatic heterocycles. The molecule has 0 bridgehead atoms. The van der Waals surface area contributed by atoms with Crippen LogP contribution in [-0.2, 0) is 7.05 Å². The fraction of sp³-hybridized carbons (Fsp3) is 0.154. The Hall–Kier alpha value is -2.23. The Kier molecular flexibility index (Phi) is 2.14. The molecular formula is C13H12N4. The third-order valence-electron chi connectivity index (χ3n) is 2.78. The van der Waals surface area contributed by atoms with Crippen molar-refractivity contribution in [3.63, 3.8) is 0 Å². The SMILES string of the molecule is Cc1nc(-c2ccnn2C)c2ccccc2n1. The van der Waals surface area contributed by atoms with E-state index in [0.717, 1.165) is 28.1 Å². The standard InChI is InChI=1S/C13H12N4/c1-9-15-11-6-4-3-5-10(11)13(16-9)12-7-8-14-17(12)2/h3-8H,1-2H3. The lowest BCUT2D eigenvalue weighted by Gasteiger charge is -2.06. The molecule has 0 saturated heterocycles. The molecule has 0 fully saturated rings. The normalized spacial score (nSPS) is 10.9. The number of hydrogen-bond donors (Lipinski definition) is 0. The number of aromatic nitrogens is 4. The third-order valence-corrected chi connectivity index (χ3v) is 2.78. The predicted octanol–water partition coefficient (Wildman–Crippen LogP) is 2.34. The molecular weight excluding hydrogens is 212 g/mol. The molecule has 0 saturated carbocycles. The van der Waals surface area contributed by atoms with Crippen LogP contribution in [0.2, 0.25) is 0 Å². The molecule has 17 heavy (non-hydrogen) atoms. The maximum Gasteiger partial charge on any atom is 0.126 e. The number of para-hydroxylation sites is 1. The van der Waals surface area contributed by atoms with E-state index in [-0.39, 0.29) is 0 Å². The molecule has 0 aliphatic carbocycles. The Morgan fingerprint density at radius 2 is 1.88 bits per heavy atom. The average molecular weight is 224 g/mol. The first kappa shape index (κ1) is 9.96. The van der Waals surface area contributed by atoms with Crippen LogP contribution in [0.4, 0.5) is 0 Å². The Morgan fingerprint density at radius 3 is 2.65 bits per heavy atom. The summed E-state index contributed by atoms with van der Waals surface area (Å²) in [7, 11) is 1.92. The Bertz CT molecular complexity index is 685. The van der Waals surface area contributed by atoms with E-state index < -0.39 is 0 Å². The molecule has 4 heteroatoms. The molecule has 1 aromatic carbocycles. The van der Waals surface area contributed by atoms with E-state index in [1.54, 1.807) is 6.20 Å². The van der Waals surface area contributed by atoms with E-state index in [1.165, 1.54) is 0 Å². The van der Waals surface area contributed by atoms with Crippen LogP contribution in [0, 0.1) is 6.92 Å². The van der Waals surface area contributed by atoms with E-state index >= 15 is 0 Å². The molecule has 0 atom stereocenters. The van der Waals surface area contributed by atoms with Gasteiger partial charge in [-0.3, -0.25) is 4.68 Å². The second-order valence-electron chi connectivity index (χ2n) is 3.98. The summed E-state index contributed by atoms with van der Waals surface area (Å²) in [5.41, 5.74) is 2.91. The zero-order chi connectivity index (χ0) is 11.8. The summed E-state index contributed by atoms with van der Waals surface area (Å²) in [5, 5.41) is 5.24. The molecule has 0 N–H and O–H groups in total. The largest absolute Gasteiger partial charge is 0.266 e. The molecule has 0 amide bonds. The molecule has 2 aromatic heterocycles. The van der Waals surface area contributed by atoms with Crippen molar-refractivity contribution in [2.45, 2.75) is 6.92 Å². The van der Waals surface area contributed by atoms with Gasteiger partial charge in [-0.25, -0.2) is 9.97 Å². The fourth-order valence-electron chi connectivity index (χ4n) is 1.99. The van der Waals surface area contributed by atoms with Gasteiger partial charge in [-0.1, -0.05) is 18.2 Å². The van der Waals surface area contributed by atoms with Crippen molar-refractivity contribution in [2.75, 3.05) is 0 Å². The fourth-order valence-corrected chi connectivity index (χ4v) is 1.99. The first-order valence-corrected chi connectivity index (χ1v) is 5.47. The van der Waals surface area contributed by atoms with Crippen LogP contribution in [0.5, 0.6) is 0 Å². The summed E-state index contributed by atoms with van der Waals surface area (Å²) in [4.78, 5) is 8.97. The van der Waals surface area contributed by atoms with E-state index in [0.29, 0.717) is 0 Å². The van der Waals surface area contributed by atoms with Crippen molar-refractivity contribution in [3.05, 3.63) is 42.4 Å². The van der Waals surface area contributed by atoms with Gasteiger partial charge < -0.3 is 0 Å². The first-order valence-electron chi connectivity index (χ1n) is 5.47. The van der Waals surface area contributed by atoms with Crippen molar-refractivity contribution in [3.8, 4) is 11.4 Å². The number of aryl methyl sites for hydroxylation is 2. The summed E-state index contributed by atoms with van der Waals surface area (Å²) < 4.78 is 1.83. The van der Waals surface area contributed by atoms with Crippen molar-refractivity contribution >= 4 is 10.9 Å². The van der Waals surface area contributed by atoms with E-state index in [1.807, 2.05) is 49.0 Å². The van der Waals surface area contributed by atoms with Crippen molar-refractivity contribution in [1.29, 1.82) is 0 Å². The van der Waals surface area contributed by atoms with Crippen LogP contribution in [0.1, 0.15) is 5.82 Å². The zero-order valence-corrected chi connectivity index (χ0v) is 9.75. The summed E-state index contributed by atoms with van der Waals surface area (Å²) >= 11 is 0. The van der Waals surface area contributed by atoms with Crippen LogP contribution in [0.15, 0.2) is 36.5 Å². The molecule has 2 heterocycles. The van der Waals surface area contributed by atoms with Gasteiger partial charge in [-0.2, -0.15) is 5.10 Å². The molecule has 3 aromatic rings. The van der Waals surface area contributed by atoms with Gasteiger partial charge in [-0.15, -0.1) is 0 Å². The monoisotopic (exact) mass is 224 g/mol. The lowest BCUT2D eigenvalue weighted by molar-refractivity contribution is 0.773. The highest BCUT2D eigenvalue weighted by molar-refractivity contribution is 5.91. The minimum Gasteiger partial charge on any atom is -0.266 e. The van der Waals surface area contributed by atoms with Gasteiger partial charge in [0, 0.05) is 18.6 Å². The lowest BCUT2D eigenvalue weighted by Crippen LogP contribution is -1.99. The third kappa shape index (κ3) is 1.58. The van der Waals surface area contributed by atoms with Gasteiger partial charge >= 0.3 is 0 Å². The maximum absolute atomic E-state index is 4.53. The van der Waals surface area contributed by atoms with Crippen LogP contribution >= 0.6 is 0 Å². The number of benzene rings is 1. The Morgan fingerprint density at radius 1 is 1.06 bits per heavy atom. The van der Waals surface area contributed by atoms with Crippen LogP contribution in [0.3, 0.4) is 0 Å². The van der Waals surface area contributed by atoms with Crippen LogP contribution in [0.25, 0.3) is 22.3 Å². The van der Waals surface area contributed by atoms with Gasteiger partial charge in [0.15, 0.2) is 0 Å². The highest BCUT2D eigenvalue weighted by atomic mass is 15.3. The molecule has 0 spiro atoms. The molecule has 0 radical (unpaired) electrons. The number of nitrogens with zero attached hydrogens (tertiary/aromatic N) is 4. The minimum atomic E-state index is 0.778. The number of hydrogen-bond acceptors (Lipinski definition) is 3. The van der Waals surface area contributed by atoms with Gasteiger partial charge in [0.1, 0.15) is 5.82 Å². The van der Waals surface area contributed by atoms with Gasteiger partial charge in [0.05, 0.1) is 16.9 Å². The average Bonchev–Trinajstić information content (AvgIpc) is 2.74.